The quantitative estimate of drug-likeness (QED) is 0.490. The van der Waals surface area contributed by atoms with Gasteiger partial charge in [-0.05, 0) is 41.7 Å². The van der Waals surface area contributed by atoms with Gasteiger partial charge in [0.2, 0.25) is 0 Å². The third-order valence-corrected chi connectivity index (χ3v) is 4.74. The first-order valence-electron chi connectivity index (χ1n) is 9.83. The van der Waals surface area contributed by atoms with Crippen LogP contribution in [-0.4, -0.2) is 24.3 Å². The molecule has 0 heterocycles. The number of aromatic hydroxyl groups is 1. The van der Waals surface area contributed by atoms with Crippen LogP contribution in [0.2, 0.25) is 0 Å². The number of urea groups is 1. The van der Waals surface area contributed by atoms with Crippen molar-refractivity contribution in [2.24, 2.45) is 0 Å². The average Bonchev–Trinajstić information content (AvgIpc) is 2.68. The number of rotatable bonds is 6. The Morgan fingerprint density at radius 1 is 0.966 bits per heavy atom. The zero-order valence-electron chi connectivity index (χ0n) is 17.2. The lowest BCUT2D eigenvalue weighted by molar-refractivity contribution is 0.250. The first kappa shape index (κ1) is 20.5. The van der Waals surface area contributed by atoms with Crippen molar-refractivity contribution in [1.82, 2.24) is 5.32 Å². The lowest BCUT2D eigenvalue weighted by atomic mass is 9.87. The van der Waals surface area contributed by atoms with Crippen molar-refractivity contribution in [3.05, 3.63) is 66.2 Å². The molecule has 0 saturated carbocycles. The number of ether oxygens (including phenoxy) is 1. The van der Waals surface area contributed by atoms with E-state index in [-0.39, 0.29) is 17.2 Å². The van der Waals surface area contributed by atoms with Crippen molar-refractivity contribution >= 4 is 22.5 Å². The minimum absolute atomic E-state index is 0.124. The van der Waals surface area contributed by atoms with E-state index in [0.29, 0.717) is 30.6 Å². The maximum Gasteiger partial charge on any atom is 0.319 e. The monoisotopic (exact) mass is 392 g/mol. The predicted octanol–water partition coefficient (Wildman–Crippen LogP) is 5.43. The number of hydrogen-bond acceptors (Lipinski definition) is 3. The van der Waals surface area contributed by atoms with Crippen LogP contribution in [0, 0.1) is 0 Å². The van der Waals surface area contributed by atoms with Gasteiger partial charge < -0.3 is 20.5 Å². The van der Waals surface area contributed by atoms with E-state index in [9.17, 15) is 9.90 Å². The zero-order chi connectivity index (χ0) is 20.9. The van der Waals surface area contributed by atoms with Gasteiger partial charge in [-0.15, -0.1) is 0 Å². The van der Waals surface area contributed by atoms with E-state index in [4.69, 9.17) is 4.74 Å². The fourth-order valence-corrected chi connectivity index (χ4v) is 3.08. The van der Waals surface area contributed by atoms with Crippen LogP contribution in [0.25, 0.3) is 10.8 Å². The van der Waals surface area contributed by atoms with Crippen LogP contribution in [0.1, 0.15) is 32.8 Å². The van der Waals surface area contributed by atoms with Crippen LogP contribution in [0.5, 0.6) is 11.5 Å². The molecule has 0 aliphatic rings. The molecule has 29 heavy (non-hydrogen) atoms. The Balaban J connectivity index is 1.43. The molecule has 5 nitrogen and oxygen atoms in total. The molecule has 0 bridgehead atoms. The molecule has 0 atom stereocenters. The minimum Gasteiger partial charge on any atom is -0.507 e. The molecule has 3 N–H and O–H groups in total. The maximum atomic E-state index is 12.2. The number of nitrogens with one attached hydrogen (secondary N) is 2. The van der Waals surface area contributed by atoms with Crippen molar-refractivity contribution in [2.45, 2.75) is 32.6 Å². The summed E-state index contributed by atoms with van der Waals surface area (Å²) in [6.07, 6.45) is 0.699. The van der Waals surface area contributed by atoms with Crippen LogP contribution in [0.4, 0.5) is 10.5 Å². The third kappa shape index (κ3) is 5.41. The highest BCUT2D eigenvalue weighted by Crippen LogP contribution is 2.29. The van der Waals surface area contributed by atoms with Crippen molar-refractivity contribution in [3.8, 4) is 11.5 Å². The molecule has 0 aliphatic carbocycles. The van der Waals surface area contributed by atoms with Crippen LogP contribution in [0.3, 0.4) is 0 Å². The van der Waals surface area contributed by atoms with E-state index in [2.05, 4.69) is 43.5 Å². The Bertz CT molecular complexity index is 976. The first-order chi connectivity index (χ1) is 13.8. The second-order valence-electron chi connectivity index (χ2n) is 8.04. The third-order valence-electron chi connectivity index (χ3n) is 4.74. The van der Waals surface area contributed by atoms with E-state index in [1.165, 1.54) is 5.56 Å². The van der Waals surface area contributed by atoms with Crippen LogP contribution in [0.15, 0.2) is 60.7 Å². The summed E-state index contributed by atoms with van der Waals surface area (Å²) in [5.41, 5.74) is 2.05. The van der Waals surface area contributed by atoms with Gasteiger partial charge in [-0.1, -0.05) is 57.2 Å². The first-order valence-corrected chi connectivity index (χ1v) is 9.83. The number of anilines is 1. The van der Waals surface area contributed by atoms with Gasteiger partial charge in [-0.2, -0.15) is 0 Å². The van der Waals surface area contributed by atoms with E-state index < -0.39 is 0 Å². The number of amides is 2. The van der Waals surface area contributed by atoms with E-state index in [1.54, 1.807) is 18.2 Å². The van der Waals surface area contributed by atoms with Crippen molar-refractivity contribution < 1.29 is 14.6 Å². The van der Waals surface area contributed by atoms with Gasteiger partial charge in [-0.25, -0.2) is 4.79 Å². The SMILES string of the molecule is CC(C)(C)c1ccc(OCCCNC(=O)Nc2cccc3c(O)cccc23)cc1. The topological polar surface area (TPSA) is 70.6 Å². The van der Waals surface area contributed by atoms with Crippen LogP contribution >= 0.6 is 0 Å². The molecule has 3 aromatic carbocycles. The van der Waals surface area contributed by atoms with Crippen molar-refractivity contribution in [1.29, 1.82) is 0 Å². The Kier molecular flexibility index (Phi) is 6.27. The molecule has 3 rings (SSSR count). The van der Waals surface area contributed by atoms with Gasteiger partial charge in [0, 0.05) is 17.3 Å². The molecular formula is C24H28N2O3. The zero-order valence-corrected chi connectivity index (χ0v) is 17.2. The molecule has 152 valence electrons. The summed E-state index contributed by atoms with van der Waals surface area (Å²) in [7, 11) is 0. The molecule has 5 heteroatoms. The molecule has 0 saturated heterocycles. The molecule has 0 spiro atoms. The normalized spacial score (nSPS) is 11.3. The van der Waals surface area contributed by atoms with Crippen LogP contribution < -0.4 is 15.4 Å². The number of phenols is 1. The van der Waals surface area contributed by atoms with Gasteiger partial charge in [0.1, 0.15) is 11.5 Å². The van der Waals surface area contributed by atoms with Gasteiger partial charge in [-0.3, -0.25) is 0 Å². The molecule has 0 radical (unpaired) electrons. The smallest absolute Gasteiger partial charge is 0.319 e. The number of carbonyl (C=O) groups excluding carboxylic acids is 1. The maximum absolute atomic E-state index is 12.2. The number of carbonyl (C=O) groups is 1. The van der Waals surface area contributed by atoms with Crippen molar-refractivity contribution in [3.63, 3.8) is 0 Å². The summed E-state index contributed by atoms with van der Waals surface area (Å²) in [5.74, 6) is 1.03. The van der Waals surface area contributed by atoms with Crippen molar-refractivity contribution in [2.75, 3.05) is 18.5 Å². The summed E-state index contributed by atoms with van der Waals surface area (Å²) in [4.78, 5) is 12.2. The number of hydrogen-bond donors (Lipinski definition) is 3. The van der Waals surface area contributed by atoms with E-state index >= 15 is 0 Å². The summed E-state index contributed by atoms with van der Waals surface area (Å²) in [6, 6.07) is 18.5. The second kappa shape index (κ2) is 8.86. The van der Waals surface area contributed by atoms with Gasteiger partial charge in [0.25, 0.3) is 0 Å². The van der Waals surface area contributed by atoms with E-state index in [0.717, 1.165) is 11.1 Å². The Hall–Kier alpha value is -3.21. The predicted molar refractivity (Wildman–Crippen MR) is 118 cm³/mol. The largest absolute Gasteiger partial charge is 0.507 e. The van der Waals surface area contributed by atoms with Gasteiger partial charge in [0.05, 0.1) is 12.3 Å². The fraction of sp³-hybridized carbons (Fsp3) is 0.292. The highest BCUT2D eigenvalue weighted by molar-refractivity contribution is 6.03. The highest BCUT2D eigenvalue weighted by atomic mass is 16.5. The average molecular weight is 392 g/mol. The molecule has 0 fully saturated rings. The summed E-state index contributed by atoms with van der Waals surface area (Å²) in [5, 5.41) is 17.1. The van der Waals surface area contributed by atoms with Gasteiger partial charge in [0.15, 0.2) is 0 Å². The standard InChI is InChI=1S/C24H28N2O3/c1-24(2,3)17-11-13-18(14-12-17)29-16-6-15-25-23(28)26-21-9-4-8-20-19(21)7-5-10-22(20)27/h4-5,7-14,27H,6,15-16H2,1-3H3,(H2,25,26,28). The molecule has 0 aromatic heterocycles. The van der Waals surface area contributed by atoms with Gasteiger partial charge >= 0.3 is 6.03 Å². The number of phenolic OH excluding ortho intramolecular Hbond substituents is 1. The Labute approximate surface area is 171 Å². The molecule has 0 aliphatic heterocycles. The fourth-order valence-electron chi connectivity index (χ4n) is 3.08. The Morgan fingerprint density at radius 3 is 2.38 bits per heavy atom. The summed E-state index contributed by atoms with van der Waals surface area (Å²) >= 11 is 0. The molecule has 2 amide bonds. The minimum atomic E-state index is -0.282. The summed E-state index contributed by atoms with van der Waals surface area (Å²) in [6.45, 7) is 7.57. The lowest BCUT2D eigenvalue weighted by Gasteiger charge is -2.19. The van der Waals surface area contributed by atoms with E-state index in [1.807, 2.05) is 30.3 Å². The number of benzene rings is 3. The Morgan fingerprint density at radius 2 is 1.66 bits per heavy atom. The summed E-state index contributed by atoms with van der Waals surface area (Å²) < 4.78 is 5.75. The molecule has 0 unspecified atom stereocenters. The lowest BCUT2D eigenvalue weighted by Crippen LogP contribution is -2.30. The molecular weight excluding hydrogens is 364 g/mol. The number of fused-ring (bicyclic) bond motifs is 1. The second-order valence-corrected chi connectivity index (χ2v) is 8.04. The highest BCUT2D eigenvalue weighted by Gasteiger charge is 2.13. The van der Waals surface area contributed by atoms with Crippen LogP contribution in [-0.2, 0) is 5.41 Å². The molecule has 3 aromatic rings.